The minimum Gasteiger partial charge on any atom is -0.465 e. The highest BCUT2D eigenvalue weighted by Crippen LogP contribution is 2.27. The fourth-order valence-electron chi connectivity index (χ4n) is 1.82. The minimum absolute atomic E-state index is 0.146. The Morgan fingerprint density at radius 1 is 1.53 bits per heavy atom. The number of nitrogens with one attached hydrogen (secondary N) is 1. The maximum Gasteiger partial charge on any atom is 0.433 e. The van der Waals surface area contributed by atoms with Crippen LogP contribution in [0.1, 0.15) is 12.1 Å². The molecule has 2 heterocycles. The van der Waals surface area contributed by atoms with E-state index in [0.29, 0.717) is 13.0 Å². The van der Waals surface area contributed by atoms with Gasteiger partial charge in [-0.05, 0) is 12.5 Å². The van der Waals surface area contributed by atoms with Crippen LogP contribution in [0.5, 0.6) is 0 Å². The Kier molecular flexibility index (Phi) is 3.45. The Bertz CT molecular complexity index is 480. The molecule has 1 saturated heterocycles. The number of rotatable bonds is 2. The normalized spacial score (nSPS) is 19.5. The predicted octanol–water partition coefficient (Wildman–Crippen LogP) is 1.66. The molecule has 0 radical (unpaired) electrons. The Hall–Kier alpha value is -2.06. The summed E-state index contributed by atoms with van der Waals surface area (Å²) in [5.41, 5.74) is -1.03. The van der Waals surface area contributed by atoms with E-state index in [-0.39, 0.29) is 18.5 Å². The molecule has 19 heavy (non-hydrogen) atoms. The molecule has 0 spiro atoms. The highest BCUT2D eigenvalue weighted by atomic mass is 19.4. The number of carbonyl (C=O) groups is 1. The summed E-state index contributed by atoms with van der Waals surface area (Å²) in [5, 5.41) is 11.5. The Morgan fingerprint density at radius 2 is 2.26 bits per heavy atom. The van der Waals surface area contributed by atoms with Gasteiger partial charge in [-0.2, -0.15) is 13.2 Å². The smallest absolute Gasteiger partial charge is 0.433 e. The van der Waals surface area contributed by atoms with Crippen LogP contribution in [0, 0.1) is 0 Å². The van der Waals surface area contributed by atoms with Crippen molar-refractivity contribution >= 4 is 12.0 Å². The van der Waals surface area contributed by atoms with Crippen LogP contribution >= 0.6 is 0 Å². The summed E-state index contributed by atoms with van der Waals surface area (Å²) < 4.78 is 37.3. The lowest BCUT2D eigenvalue weighted by molar-refractivity contribution is -0.141. The number of nitrogens with zero attached hydrogens (tertiary/aromatic N) is 3. The Labute approximate surface area is 106 Å². The van der Waals surface area contributed by atoms with Gasteiger partial charge in [0, 0.05) is 25.3 Å². The zero-order valence-electron chi connectivity index (χ0n) is 9.68. The van der Waals surface area contributed by atoms with Crippen LogP contribution in [-0.2, 0) is 6.18 Å². The van der Waals surface area contributed by atoms with E-state index in [1.54, 1.807) is 0 Å². The first-order valence-corrected chi connectivity index (χ1v) is 5.51. The largest absolute Gasteiger partial charge is 0.465 e. The van der Waals surface area contributed by atoms with E-state index in [4.69, 9.17) is 5.11 Å². The Morgan fingerprint density at radius 3 is 2.84 bits per heavy atom. The van der Waals surface area contributed by atoms with Gasteiger partial charge >= 0.3 is 12.3 Å². The molecule has 6 nitrogen and oxygen atoms in total. The molecule has 0 bridgehead atoms. The van der Waals surface area contributed by atoms with Gasteiger partial charge in [0.2, 0.25) is 5.95 Å². The molecular formula is C10H11F3N4O2. The summed E-state index contributed by atoms with van der Waals surface area (Å²) in [7, 11) is 0. The van der Waals surface area contributed by atoms with Crippen LogP contribution in [0.3, 0.4) is 0 Å². The molecule has 0 saturated carbocycles. The van der Waals surface area contributed by atoms with Gasteiger partial charge in [-0.25, -0.2) is 14.8 Å². The van der Waals surface area contributed by atoms with Gasteiger partial charge in [0.1, 0.15) is 5.69 Å². The van der Waals surface area contributed by atoms with Crippen LogP contribution in [-0.4, -0.2) is 45.2 Å². The first kappa shape index (κ1) is 13.4. The van der Waals surface area contributed by atoms with Crippen LogP contribution < -0.4 is 5.32 Å². The fourth-order valence-corrected chi connectivity index (χ4v) is 1.82. The standard InChI is InChI=1S/C10H11F3N4O2/c11-10(12,13)7-1-3-14-8(16-7)15-6-2-4-17(5-6)9(18)19/h1,3,6H,2,4-5H2,(H,18,19)(H,14,15,16). The van der Waals surface area contributed by atoms with E-state index in [1.807, 2.05) is 0 Å². The number of amides is 1. The van der Waals surface area contributed by atoms with E-state index >= 15 is 0 Å². The van der Waals surface area contributed by atoms with Crippen molar-refractivity contribution in [1.29, 1.82) is 0 Å². The topological polar surface area (TPSA) is 78.4 Å². The van der Waals surface area contributed by atoms with Gasteiger partial charge in [-0.15, -0.1) is 0 Å². The molecule has 104 valence electrons. The molecule has 1 atom stereocenters. The minimum atomic E-state index is -4.53. The monoisotopic (exact) mass is 276 g/mol. The Balaban J connectivity index is 2.03. The molecule has 2 N–H and O–H groups in total. The lowest BCUT2D eigenvalue weighted by Crippen LogP contribution is -2.30. The van der Waals surface area contributed by atoms with Crippen LogP contribution in [0.15, 0.2) is 12.3 Å². The van der Waals surface area contributed by atoms with Crippen molar-refractivity contribution in [2.24, 2.45) is 0 Å². The number of likely N-dealkylation sites (tertiary alicyclic amines) is 1. The van der Waals surface area contributed by atoms with Crippen LogP contribution in [0.25, 0.3) is 0 Å². The zero-order valence-corrected chi connectivity index (χ0v) is 9.68. The third kappa shape index (κ3) is 3.24. The average molecular weight is 276 g/mol. The highest BCUT2D eigenvalue weighted by molar-refractivity contribution is 5.65. The quantitative estimate of drug-likeness (QED) is 0.859. The van der Waals surface area contributed by atoms with Crippen LogP contribution in [0.4, 0.5) is 23.9 Å². The zero-order chi connectivity index (χ0) is 14.0. The molecule has 0 aliphatic carbocycles. The maximum absolute atomic E-state index is 12.4. The van der Waals surface area contributed by atoms with Crippen molar-refractivity contribution in [3.05, 3.63) is 18.0 Å². The summed E-state index contributed by atoms with van der Waals surface area (Å²) in [4.78, 5) is 19.0. The summed E-state index contributed by atoms with van der Waals surface area (Å²) in [6.45, 7) is 0.543. The number of carboxylic acid groups (broad SMARTS) is 1. The predicted molar refractivity (Wildman–Crippen MR) is 58.7 cm³/mol. The van der Waals surface area contributed by atoms with Crippen molar-refractivity contribution in [1.82, 2.24) is 14.9 Å². The van der Waals surface area contributed by atoms with Gasteiger partial charge in [-0.3, -0.25) is 0 Å². The molecule has 2 rings (SSSR count). The van der Waals surface area contributed by atoms with Crippen molar-refractivity contribution in [2.45, 2.75) is 18.6 Å². The number of alkyl halides is 3. The second-order valence-corrected chi connectivity index (χ2v) is 4.12. The third-order valence-corrected chi connectivity index (χ3v) is 2.74. The number of hydrogen-bond acceptors (Lipinski definition) is 4. The average Bonchev–Trinajstić information content (AvgIpc) is 2.77. The van der Waals surface area contributed by atoms with E-state index < -0.39 is 18.0 Å². The van der Waals surface area contributed by atoms with E-state index in [1.165, 1.54) is 4.90 Å². The first-order chi connectivity index (χ1) is 8.86. The molecule has 1 aromatic rings. The van der Waals surface area contributed by atoms with E-state index in [9.17, 15) is 18.0 Å². The van der Waals surface area contributed by atoms with Crippen molar-refractivity contribution in [3.8, 4) is 0 Å². The lowest BCUT2D eigenvalue weighted by Gasteiger charge is -2.14. The van der Waals surface area contributed by atoms with E-state index in [2.05, 4.69) is 15.3 Å². The fraction of sp³-hybridized carbons (Fsp3) is 0.500. The second kappa shape index (κ2) is 4.90. The molecule has 1 fully saturated rings. The van der Waals surface area contributed by atoms with Gasteiger partial charge in [-0.1, -0.05) is 0 Å². The van der Waals surface area contributed by atoms with Crippen molar-refractivity contribution in [3.63, 3.8) is 0 Å². The second-order valence-electron chi connectivity index (χ2n) is 4.12. The van der Waals surface area contributed by atoms with Crippen molar-refractivity contribution in [2.75, 3.05) is 18.4 Å². The first-order valence-electron chi connectivity index (χ1n) is 5.51. The summed E-state index contributed by atoms with van der Waals surface area (Å²) in [5.74, 6) is -0.146. The van der Waals surface area contributed by atoms with Gasteiger partial charge in [0.25, 0.3) is 0 Å². The number of aromatic nitrogens is 2. The molecule has 1 aliphatic rings. The lowest BCUT2D eigenvalue weighted by atomic mass is 10.3. The molecule has 1 aliphatic heterocycles. The maximum atomic E-state index is 12.4. The molecule has 1 unspecified atom stereocenters. The van der Waals surface area contributed by atoms with Crippen LogP contribution in [0.2, 0.25) is 0 Å². The molecule has 1 amide bonds. The molecule has 1 aromatic heterocycles. The molecular weight excluding hydrogens is 265 g/mol. The molecule has 9 heteroatoms. The SMILES string of the molecule is O=C(O)N1CCC(Nc2nccc(C(F)(F)F)n2)C1. The van der Waals surface area contributed by atoms with Gasteiger partial charge < -0.3 is 15.3 Å². The van der Waals surface area contributed by atoms with Gasteiger partial charge in [0.05, 0.1) is 0 Å². The number of anilines is 1. The van der Waals surface area contributed by atoms with E-state index in [0.717, 1.165) is 12.3 Å². The third-order valence-electron chi connectivity index (χ3n) is 2.74. The van der Waals surface area contributed by atoms with Gasteiger partial charge in [0.15, 0.2) is 0 Å². The molecule has 0 aromatic carbocycles. The highest BCUT2D eigenvalue weighted by Gasteiger charge is 2.33. The number of hydrogen-bond donors (Lipinski definition) is 2. The summed E-state index contributed by atoms with van der Waals surface area (Å²) >= 11 is 0. The summed E-state index contributed by atoms with van der Waals surface area (Å²) in [6.07, 6.45) is -4.05. The number of halogens is 3. The summed E-state index contributed by atoms with van der Waals surface area (Å²) in [6, 6.07) is 0.503. The van der Waals surface area contributed by atoms with Crippen molar-refractivity contribution < 1.29 is 23.1 Å².